The number of amides is 2. The van der Waals surface area contributed by atoms with E-state index in [9.17, 15) is 22.4 Å². The number of nitrogens with one attached hydrogen (secondary N) is 1. The molecule has 10 heteroatoms. The molecule has 8 nitrogen and oxygen atoms in total. The fourth-order valence-electron chi connectivity index (χ4n) is 4.27. The van der Waals surface area contributed by atoms with Crippen molar-refractivity contribution < 1.29 is 27.1 Å². The minimum Gasteiger partial charge on any atom is -0.497 e. The van der Waals surface area contributed by atoms with Gasteiger partial charge in [-0.15, -0.1) is 0 Å². The van der Waals surface area contributed by atoms with E-state index in [-0.39, 0.29) is 23.0 Å². The topological polar surface area (TPSA) is 96.0 Å². The van der Waals surface area contributed by atoms with E-state index in [1.165, 1.54) is 48.4 Å². The van der Waals surface area contributed by atoms with Gasteiger partial charge >= 0.3 is 0 Å². The Kier molecular flexibility index (Phi) is 10.7. The number of aryl methyl sites for hydroxylation is 1. The van der Waals surface area contributed by atoms with Gasteiger partial charge in [-0.3, -0.25) is 13.9 Å². The van der Waals surface area contributed by atoms with Gasteiger partial charge in [0.05, 0.1) is 17.7 Å². The number of ether oxygens (including phenoxy) is 1. The highest BCUT2D eigenvalue weighted by Gasteiger charge is 2.33. The number of rotatable bonds is 13. The number of halogens is 1. The average Bonchev–Trinajstić information content (AvgIpc) is 2.96. The number of nitrogens with zero attached hydrogens (tertiary/aromatic N) is 2. The van der Waals surface area contributed by atoms with Crippen molar-refractivity contribution in [2.45, 2.75) is 51.1 Å². The van der Waals surface area contributed by atoms with Crippen LogP contribution in [0.5, 0.6) is 5.75 Å². The zero-order valence-corrected chi connectivity index (χ0v) is 24.1. The number of hydrogen-bond donors (Lipinski definition) is 1. The number of anilines is 1. The summed E-state index contributed by atoms with van der Waals surface area (Å²) < 4.78 is 47.5. The molecule has 0 aromatic heterocycles. The van der Waals surface area contributed by atoms with E-state index in [2.05, 4.69) is 5.32 Å². The Balaban J connectivity index is 2.05. The van der Waals surface area contributed by atoms with Crippen molar-refractivity contribution in [3.05, 3.63) is 89.7 Å². The number of methoxy groups -OCH3 is 1. The Morgan fingerprint density at radius 1 is 0.975 bits per heavy atom. The number of benzene rings is 3. The minimum absolute atomic E-state index is 0.0661. The molecule has 0 aliphatic carbocycles. The van der Waals surface area contributed by atoms with E-state index in [0.717, 1.165) is 34.0 Å². The SMILES string of the molecule is CCCNC(=O)[C@H](CC)N(Cc1ccccc1C)C(=O)CN(c1ccc(F)cc1)S(=O)(=O)c1ccc(OC)cc1. The molecule has 3 rings (SSSR count). The zero-order valence-electron chi connectivity index (χ0n) is 23.3. The lowest BCUT2D eigenvalue weighted by molar-refractivity contribution is -0.140. The summed E-state index contributed by atoms with van der Waals surface area (Å²) in [4.78, 5) is 28.5. The highest BCUT2D eigenvalue weighted by molar-refractivity contribution is 7.92. The predicted octanol–water partition coefficient (Wildman–Crippen LogP) is 4.67. The second kappa shape index (κ2) is 13.9. The highest BCUT2D eigenvalue weighted by Crippen LogP contribution is 2.26. The first-order chi connectivity index (χ1) is 19.1. The molecule has 0 saturated heterocycles. The van der Waals surface area contributed by atoms with Crippen LogP contribution >= 0.6 is 0 Å². The van der Waals surface area contributed by atoms with Crippen LogP contribution in [0.4, 0.5) is 10.1 Å². The van der Waals surface area contributed by atoms with E-state index in [1.807, 2.05) is 38.1 Å². The Morgan fingerprint density at radius 2 is 1.62 bits per heavy atom. The molecule has 0 saturated carbocycles. The van der Waals surface area contributed by atoms with Crippen LogP contribution in [-0.4, -0.2) is 51.4 Å². The van der Waals surface area contributed by atoms with Gasteiger partial charge in [0.25, 0.3) is 10.0 Å². The van der Waals surface area contributed by atoms with Crippen LogP contribution in [0.2, 0.25) is 0 Å². The molecular formula is C30H36FN3O5S. The van der Waals surface area contributed by atoms with Crippen molar-refractivity contribution in [1.29, 1.82) is 0 Å². The Bertz CT molecular complexity index is 1400. The van der Waals surface area contributed by atoms with Gasteiger partial charge in [-0.25, -0.2) is 12.8 Å². The summed E-state index contributed by atoms with van der Waals surface area (Å²) in [5.74, 6) is -0.950. The van der Waals surface area contributed by atoms with Gasteiger partial charge in [0.15, 0.2) is 0 Å². The van der Waals surface area contributed by atoms with E-state index in [0.29, 0.717) is 18.7 Å². The summed E-state index contributed by atoms with van der Waals surface area (Å²) >= 11 is 0. The normalized spacial score (nSPS) is 11.9. The molecule has 0 aliphatic rings. The third-order valence-corrected chi connectivity index (χ3v) is 8.37. The first kappa shape index (κ1) is 30.6. The maximum Gasteiger partial charge on any atom is 0.264 e. The van der Waals surface area contributed by atoms with Gasteiger partial charge in [-0.2, -0.15) is 0 Å². The van der Waals surface area contributed by atoms with E-state index < -0.39 is 34.3 Å². The van der Waals surface area contributed by atoms with E-state index in [4.69, 9.17) is 4.74 Å². The maximum absolute atomic E-state index is 14.0. The van der Waals surface area contributed by atoms with Crippen molar-refractivity contribution in [3.63, 3.8) is 0 Å². The Labute approximate surface area is 235 Å². The van der Waals surface area contributed by atoms with Crippen LogP contribution in [0, 0.1) is 12.7 Å². The third kappa shape index (κ3) is 7.38. The molecule has 3 aromatic carbocycles. The van der Waals surface area contributed by atoms with Gasteiger partial charge in [0.2, 0.25) is 11.8 Å². The van der Waals surface area contributed by atoms with Gasteiger partial charge in [-0.1, -0.05) is 38.1 Å². The molecule has 0 spiro atoms. The van der Waals surface area contributed by atoms with Crippen molar-refractivity contribution in [2.24, 2.45) is 0 Å². The van der Waals surface area contributed by atoms with Crippen LogP contribution in [0.3, 0.4) is 0 Å². The monoisotopic (exact) mass is 569 g/mol. The van der Waals surface area contributed by atoms with Gasteiger partial charge < -0.3 is 15.0 Å². The summed E-state index contributed by atoms with van der Waals surface area (Å²) in [7, 11) is -2.79. The van der Waals surface area contributed by atoms with Crippen LogP contribution in [0.15, 0.2) is 77.7 Å². The molecule has 0 radical (unpaired) electrons. The molecule has 1 atom stereocenters. The second-order valence-corrected chi connectivity index (χ2v) is 11.2. The quantitative estimate of drug-likeness (QED) is 0.323. The standard InChI is InChI=1S/C30H36FN3O5S/c1-5-19-32-30(36)28(6-2)33(20-23-10-8-7-9-22(23)3)29(35)21-34(25-13-11-24(31)12-14-25)40(37,38)27-17-15-26(39-4)16-18-27/h7-18,28H,5-6,19-21H2,1-4H3,(H,32,36)/t28-/m0/s1. The van der Waals surface area contributed by atoms with Crippen molar-refractivity contribution in [3.8, 4) is 5.75 Å². The van der Waals surface area contributed by atoms with E-state index in [1.54, 1.807) is 6.92 Å². The average molecular weight is 570 g/mol. The largest absolute Gasteiger partial charge is 0.497 e. The lowest BCUT2D eigenvalue weighted by Gasteiger charge is -2.33. The second-order valence-electron chi connectivity index (χ2n) is 9.33. The van der Waals surface area contributed by atoms with Crippen LogP contribution in [-0.2, 0) is 26.2 Å². The van der Waals surface area contributed by atoms with Crippen LogP contribution in [0.1, 0.15) is 37.8 Å². The molecule has 0 bridgehead atoms. The van der Waals surface area contributed by atoms with Crippen molar-refractivity contribution in [2.75, 3.05) is 24.5 Å². The summed E-state index contributed by atoms with van der Waals surface area (Å²) in [6.45, 7) is 5.62. The van der Waals surface area contributed by atoms with Gasteiger partial charge in [-0.05, 0) is 79.4 Å². The highest BCUT2D eigenvalue weighted by atomic mass is 32.2. The fraction of sp³-hybridized carbons (Fsp3) is 0.333. The first-order valence-electron chi connectivity index (χ1n) is 13.2. The Morgan fingerprint density at radius 3 is 2.20 bits per heavy atom. The molecule has 0 unspecified atom stereocenters. The predicted molar refractivity (Wildman–Crippen MR) is 153 cm³/mol. The fourth-order valence-corrected chi connectivity index (χ4v) is 5.68. The summed E-state index contributed by atoms with van der Waals surface area (Å²) in [6.07, 6.45) is 1.06. The summed E-state index contributed by atoms with van der Waals surface area (Å²) in [5.41, 5.74) is 1.89. The zero-order chi connectivity index (χ0) is 29.3. The molecule has 0 aliphatic heterocycles. The van der Waals surface area contributed by atoms with Gasteiger partial charge in [0.1, 0.15) is 24.2 Å². The number of sulfonamides is 1. The molecule has 214 valence electrons. The number of hydrogen-bond acceptors (Lipinski definition) is 5. The lowest BCUT2D eigenvalue weighted by Crippen LogP contribution is -2.52. The van der Waals surface area contributed by atoms with Crippen molar-refractivity contribution in [1.82, 2.24) is 10.2 Å². The smallest absolute Gasteiger partial charge is 0.264 e. The van der Waals surface area contributed by atoms with Crippen LogP contribution in [0.25, 0.3) is 0 Å². The number of carbonyl (C=O) groups is 2. The summed E-state index contributed by atoms with van der Waals surface area (Å²) in [6, 6.07) is 17.4. The first-order valence-corrected chi connectivity index (χ1v) is 14.6. The van der Waals surface area contributed by atoms with Crippen molar-refractivity contribution >= 4 is 27.5 Å². The molecule has 2 amide bonds. The van der Waals surface area contributed by atoms with Crippen LogP contribution < -0.4 is 14.4 Å². The Hall–Kier alpha value is -3.92. The summed E-state index contributed by atoms with van der Waals surface area (Å²) in [5, 5.41) is 2.86. The van der Waals surface area contributed by atoms with Gasteiger partial charge in [0, 0.05) is 13.1 Å². The lowest BCUT2D eigenvalue weighted by atomic mass is 10.1. The molecular weight excluding hydrogens is 533 g/mol. The third-order valence-electron chi connectivity index (χ3n) is 6.58. The molecule has 1 N–H and O–H groups in total. The molecule has 40 heavy (non-hydrogen) atoms. The minimum atomic E-state index is -4.26. The molecule has 0 heterocycles. The van der Waals surface area contributed by atoms with E-state index >= 15 is 0 Å². The molecule has 0 fully saturated rings. The molecule has 3 aromatic rings. The maximum atomic E-state index is 14.0. The number of carbonyl (C=O) groups excluding carboxylic acids is 2.